The van der Waals surface area contributed by atoms with E-state index in [2.05, 4.69) is 13.8 Å². The van der Waals surface area contributed by atoms with E-state index in [0.717, 1.165) is 48.3 Å². The van der Waals surface area contributed by atoms with Crippen LogP contribution in [-0.4, -0.2) is 5.78 Å². The van der Waals surface area contributed by atoms with E-state index >= 15 is 0 Å². The summed E-state index contributed by atoms with van der Waals surface area (Å²) in [6, 6.07) is 0. The summed E-state index contributed by atoms with van der Waals surface area (Å²) in [6.07, 6.45) is 14.7. The quantitative estimate of drug-likeness (QED) is 0.646. The third-order valence-corrected chi connectivity index (χ3v) is 8.60. The Morgan fingerprint density at radius 1 is 1.00 bits per heavy atom. The van der Waals surface area contributed by atoms with Crippen molar-refractivity contribution in [2.24, 2.45) is 40.9 Å². The van der Waals surface area contributed by atoms with Gasteiger partial charge in [-0.25, -0.2) is 0 Å². The van der Waals surface area contributed by atoms with E-state index in [9.17, 15) is 4.79 Å². The molecule has 0 unspecified atom stereocenters. The summed E-state index contributed by atoms with van der Waals surface area (Å²) >= 11 is 0. The van der Waals surface area contributed by atoms with Crippen LogP contribution < -0.4 is 0 Å². The smallest absolute Gasteiger partial charge is 0.133 e. The minimum absolute atomic E-state index is 0.559. The number of Topliss-reactive ketones (excluding diaryl/α,β-unsaturated/α-hetero) is 1. The SMILES string of the molecule is CCC[C@H]1CC[C@H]2[C@@H]3CC[C@H]4CC(=O)CC[C@@H]4[C@H]3CC[C@]12C. The zero-order chi connectivity index (χ0) is 15.3. The van der Waals surface area contributed by atoms with Gasteiger partial charge in [-0.1, -0.05) is 26.7 Å². The Bertz CT molecular complexity index is 441. The van der Waals surface area contributed by atoms with Crippen LogP contribution in [0.1, 0.15) is 84.5 Å². The third-order valence-electron chi connectivity index (χ3n) is 8.60. The van der Waals surface area contributed by atoms with Crippen molar-refractivity contribution in [1.29, 1.82) is 0 Å². The summed E-state index contributed by atoms with van der Waals surface area (Å²) < 4.78 is 0. The van der Waals surface area contributed by atoms with Crippen LogP contribution in [0.15, 0.2) is 0 Å². The lowest BCUT2D eigenvalue weighted by atomic mass is 9.49. The minimum atomic E-state index is 0.559. The van der Waals surface area contributed by atoms with Crippen LogP contribution in [0.2, 0.25) is 0 Å². The van der Waals surface area contributed by atoms with Gasteiger partial charge in [0.1, 0.15) is 5.78 Å². The fraction of sp³-hybridized carbons (Fsp3) is 0.952. The highest BCUT2D eigenvalue weighted by Crippen LogP contribution is 2.64. The lowest BCUT2D eigenvalue weighted by Crippen LogP contribution is -2.48. The van der Waals surface area contributed by atoms with Crippen LogP contribution in [0, 0.1) is 40.9 Å². The summed E-state index contributed by atoms with van der Waals surface area (Å²) in [4.78, 5) is 11.8. The Hall–Kier alpha value is -0.330. The number of hydrogen-bond acceptors (Lipinski definition) is 1. The molecule has 0 N–H and O–H groups in total. The van der Waals surface area contributed by atoms with Crippen LogP contribution in [-0.2, 0) is 4.79 Å². The van der Waals surface area contributed by atoms with Crippen LogP contribution in [0.5, 0.6) is 0 Å². The van der Waals surface area contributed by atoms with Gasteiger partial charge in [0.2, 0.25) is 0 Å². The molecule has 1 nitrogen and oxygen atoms in total. The van der Waals surface area contributed by atoms with E-state index < -0.39 is 0 Å². The second kappa shape index (κ2) is 5.64. The van der Waals surface area contributed by atoms with Crippen LogP contribution in [0.3, 0.4) is 0 Å². The number of rotatable bonds is 2. The fourth-order valence-electron chi connectivity index (χ4n) is 7.59. The highest BCUT2D eigenvalue weighted by Gasteiger charge is 2.56. The third kappa shape index (κ3) is 2.21. The molecule has 0 saturated heterocycles. The molecular weight excluding hydrogens is 268 g/mol. The van der Waals surface area contributed by atoms with Crippen molar-refractivity contribution in [2.45, 2.75) is 84.5 Å². The van der Waals surface area contributed by atoms with E-state index in [1.165, 1.54) is 57.8 Å². The molecule has 7 atom stereocenters. The van der Waals surface area contributed by atoms with Gasteiger partial charge in [-0.05, 0) is 85.9 Å². The highest BCUT2D eigenvalue weighted by molar-refractivity contribution is 5.79. The molecule has 0 aliphatic heterocycles. The molecule has 0 aromatic carbocycles. The Morgan fingerprint density at radius 3 is 2.68 bits per heavy atom. The average Bonchev–Trinajstić information content (AvgIpc) is 2.84. The van der Waals surface area contributed by atoms with Crippen LogP contribution >= 0.6 is 0 Å². The molecule has 4 fully saturated rings. The van der Waals surface area contributed by atoms with Crippen LogP contribution in [0.25, 0.3) is 0 Å². The molecule has 0 spiro atoms. The number of carbonyl (C=O) groups excluding carboxylic acids is 1. The fourth-order valence-corrected chi connectivity index (χ4v) is 7.59. The number of hydrogen-bond donors (Lipinski definition) is 0. The normalized spacial score (nSPS) is 51.1. The van der Waals surface area contributed by atoms with Crippen molar-refractivity contribution < 1.29 is 4.79 Å². The van der Waals surface area contributed by atoms with Crippen molar-refractivity contribution >= 4 is 5.78 Å². The highest BCUT2D eigenvalue weighted by atomic mass is 16.1. The molecule has 0 aromatic rings. The molecule has 4 aliphatic rings. The Labute approximate surface area is 136 Å². The van der Waals surface area contributed by atoms with Crippen LogP contribution in [0.4, 0.5) is 0 Å². The van der Waals surface area contributed by atoms with Gasteiger partial charge in [0, 0.05) is 12.8 Å². The van der Waals surface area contributed by atoms with E-state index in [-0.39, 0.29) is 0 Å². The van der Waals surface area contributed by atoms with Gasteiger partial charge in [-0.2, -0.15) is 0 Å². The van der Waals surface area contributed by atoms with E-state index in [0.29, 0.717) is 11.2 Å². The largest absolute Gasteiger partial charge is 0.300 e. The van der Waals surface area contributed by atoms with Crippen molar-refractivity contribution in [3.05, 3.63) is 0 Å². The average molecular weight is 303 g/mol. The molecule has 0 radical (unpaired) electrons. The first kappa shape index (κ1) is 15.2. The van der Waals surface area contributed by atoms with E-state index in [4.69, 9.17) is 0 Å². The second-order valence-electron chi connectivity index (χ2n) is 9.32. The minimum Gasteiger partial charge on any atom is -0.300 e. The molecule has 0 aromatic heterocycles. The predicted octanol–water partition coefficient (Wildman–Crippen LogP) is 5.62. The maximum atomic E-state index is 11.8. The van der Waals surface area contributed by atoms with Gasteiger partial charge in [0.25, 0.3) is 0 Å². The van der Waals surface area contributed by atoms with Crippen molar-refractivity contribution in [3.63, 3.8) is 0 Å². The van der Waals surface area contributed by atoms with Gasteiger partial charge < -0.3 is 0 Å². The monoisotopic (exact) mass is 302 g/mol. The molecule has 22 heavy (non-hydrogen) atoms. The van der Waals surface area contributed by atoms with Crippen molar-refractivity contribution in [3.8, 4) is 0 Å². The van der Waals surface area contributed by atoms with Gasteiger partial charge in [0.05, 0.1) is 0 Å². The Morgan fingerprint density at radius 2 is 1.86 bits per heavy atom. The molecule has 0 heterocycles. The molecule has 0 bridgehead atoms. The van der Waals surface area contributed by atoms with Gasteiger partial charge in [-0.15, -0.1) is 0 Å². The first-order valence-corrected chi connectivity index (χ1v) is 10.1. The summed E-state index contributed by atoms with van der Waals surface area (Å²) in [5, 5.41) is 0. The zero-order valence-corrected chi connectivity index (χ0v) is 14.7. The topological polar surface area (TPSA) is 17.1 Å². The Kier molecular flexibility index (Phi) is 3.90. The Balaban J connectivity index is 1.54. The second-order valence-corrected chi connectivity index (χ2v) is 9.32. The van der Waals surface area contributed by atoms with Gasteiger partial charge in [-0.3, -0.25) is 4.79 Å². The summed E-state index contributed by atoms with van der Waals surface area (Å²) in [5.74, 6) is 6.24. The van der Waals surface area contributed by atoms with Crippen molar-refractivity contribution in [2.75, 3.05) is 0 Å². The molecule has 4 rings (SSSR count). The van der Waals surface area contributed by atoms with E-state index in [1.807, 2.05) is 0 Å². The summed E-state index contributed by atoms with van der Waals surface area (Å²) in [5.41, 5.74) is 0.661. The first-order chi connectivity index (χ1) is 10.6. The van der Waals surface area contributed by atoms with Gasteiger partial charge >= 0.3 is 0 Å². The van der Waals surface area contributed by atoms with Crippen molar-refractivity contribution in [1.82, 2.24) is 0 Å². The van der Waals surface area contributed by atoms with Gasteiger partial charge in [0.15, 0.2) is 0 Å². The summed E-state index contributed by atoms with van der Waals surface area (Å²) in [6.45, 7) is 5.02. The standard InChI is InChI=1S/C21H34O/c1-3-4-15-6-10-20-19-8-5-14-13-16(22)7-9-17(14)18(19)11-12-21(15,20)2/h14-15,17-20H,3-13H2,1-2H3/t14-,15-,17-,18+,19+,20-,21+/m0/s1. The first-order valence-electron chi connectivity index (χ1n) is 10.1. The molecule has 1 heteroatoms. The maximum absolute atomic E-state index is 11.8. The molecular formula is C21H34O. The number of ketones is 1. The lowest BCUT2D eigenvalue weighted by molar-refractivity contribution is -0.127. The predicted molar refractivity (Wildman–Crippen MR) is 90.5 cm³/mol. The number of carbonyl (C=O) groups is 1. The lowest BCUT2D eigenvalue weighted by Gasteiger charge is -2.55. The van der Waals surface area contributed by atoms with E-state index in [1.54, 1.807) is 0 Å². The zero-order valence-electron chi connectivity index (χ0n) is 14.7. The maximum Gasteiger partial charge on any atom is 0.133 e. The molecule has 4 aliphatic carbocycles. The molecule has 124 valence electrons. The molecule has 4 saturated carbocycles. The number of fused-ring (bicyclic) bond motifs is 5. The summed E-state index contributed by atoms with van der Waals surface area (Å²) in [7, 11) is 0. The molecule has 0 amide bonds.